The minimum Gasteiger partial charge on any atom is -0.397 e. The molecule has 0 aliphatic carbocycles. The van der Waals surface area contributed by atoms with E-state index in [1.807, 2.05) is 6.92 Å². The topological polar surface area (TPSA) is 20.2 Å². The molecule has 0 saturated carbocycles. The van der Waals surface area contributed by atoms with Gasteiger partial charge < -0.3 is 5.11 Å². The van der Waals surface area contributed by atoms with E-state index >= 15 is 0 Å². The van der Waals surface area contributed by atoms with Gasteiger partial charge in [-0.15, -0.1) is 11.6 Å². The van der Waals surface area contributed by atoms with Crippen LogP contribution in [0.25, 0.3) is 0 Å². The molecule has 1 nitrogen and oxygen atoms in total. The van der Waals surface area contributed by atoms with Crippen LogP contribution >= 0.6 is 11.6 Å². The minimum atomic E-state index is 0. The van der Waals surface area contributed by atoms with Crippen LogP contribution in [0.3, 0.4) is 0 Å². The predicted octanol–water partition coefficient (Wildman–Crippen LogP) is 1.24. The van der Waals surface area contributed by atoms with Crippen LogP contribution < -0.4 is 0 Å². The van der Waals surface area contributed by atoms with Crippen molar-refractivity contribution < 1.29 is 21.9 Å². The van der Waals surface area contributed by atoms with Crippen molar-refractivity contribution in [3.63, 3.8) is 0 Å². The predicted molar refractivity (Wildman–Crippen MR) is 29.2 cm³/mol. The van der Waals surface area contributed by atoms with Crippen molar-refractivity contribution in [3.05, 3.63) is 0 Å². The van der Waals surface area contributed by atoms with Gasteiger partial charge in [0, 0.05) is 29.3 Å². The van der Waals surface area contributed by atoms with Crippen LogP contribution in [0.5, 0.6) is 0 Å². The van der Waals surface area contributed by atoms with Gasteiger partial charge in [-0.05, 0) is 6.92 Å². The van der Waals surface area contributed by atoms with Gasteiger partial charge in [-0.2, -0.15) is 0 Å². The zero-order valence-electron chi connectivity index (χ0n) is 4.57. The molecule has 0 aromatic rings. The number of aliphatic hydroxyl groups is 1. The standard InChI is InChI=1S/C2H5Cl.C2H6O.Co/c2*1-2-3;/h2H2,1H3;3H,2H2,1H3;. The molecule has 0 aliphatic rings. The second-order valence-electron chi connectivity index (χ2n) is 0.583. The summed E-state index contributed by atoms with van der Waals surface area (Å²) >= 11 is 5.00. The van der Waals surface area contributed by atoms with Gasteiger partial charge in [0.15, 0.2) is 0 Å². The van der Waals surface area contributed by atoms with Gasteiger partial charge in [-0.1, -0.05) is 6.92 Å². The van der Waals surface area contributed by atoms with Crippen molar-refractivity contribution in [1.29, 1.82) is 0 Å². The van der Waals surface area contributed by atoms with Gasteiger partial charge in [-0.3, -0.25) is 0 Å². The van der Waals surface area contributed by atoms with Gasteiger partial charge >= 0.3 is 0 Å². The smallest absolute Gasteiger partial charge is 0.0402 e. The van der Waals surface area contributed by atoms with Crippen molar-refractivity contribution in [3.8, 4) is 0 Å². The Hall–Kier alpha value is 0.756. The Morgan fingerprint density at radius 1 is 1.43 bits per heavy atom. The Morgan fingerprint density at radius 3 is 1.43 bits per heavy atom. The van der Waals surface area contributed by atoms with E-state index in [4.69, 9.17) is 16.7 Å². The number of alkyl halides is 1. The second kappa shape index (κ2) is 29.5. The first-order chi connectivity index (χ1) is 2.83. The molecule has 0 aromatic heterocycles. The maximum Gasteiger partial charge on any atom is 0.0402 e. The summed E-state index contributed by atoms with van der Waals surface area (Å²) in [5.74, 6) is 0.722. The van der Waals surface area contributed by atoms with Crippen LogP contribution in [-0.4, -0.2) is 17.6 Å². The third kappa shape index (κ3) is 267. The van der Waals surface area contributed by atoms with Gasteiger partial charge in [-0.25, -0.2) is 0 Å². The third-order valence-corrected chi connectivity index (χ3v) is 0. The SMILES string of the molecule is CCCl.CCO.[Co]. The van der Waals surface area contributed by atoms with Crippen molar-refractivity contribution in [2.75, 3.05) is 12.5 Å². The molecular formula is C4H11ClCoO. The molecule has 0 unspecified atom stereocenters. The molecule has 0 atom stereocenters. The molecule has 0 aliphatic heterocycles. The van der Waals surface area contributed by atoms with Gasteiger partial charge in [0.25, 0.3) is 0 Å². The van der Waals surface area contributed by atoms with E-state index in [0.717, 1.165) is 5.88 Å². The minimum absolute atomic E-state index is 0. The number of hydrogen-bond donors (Lipinski definition) is 1. The second-order valence-corrected chi connectivity index (χ2v) is 1.12. The largest absolute Gasteiger partial charge is 0.397 e. The van der Waals surface area contributed by atoms with E-state index in [0.29, 0.717) is 0 Å². The fraction of sp³-hybridized carbons (Fsp3) is 1.00. The van der Waals surface area contributed by atoms with Gasteiger partial charge in [0.1, 0.15) is 0 Å². The van der Waals surface area contributed by atoms with E-state index in [9.17, 15) is 0 Å². The monoisotopic (exact) mass is 169 g/mol. The molecule has 0 fully saturated rings. The molecule has 1 radical (unpaired) electrons. The summed E-state index contributed by atoms with van der Waals surface area (Å²) in [5.41, 5.74) is 0. The molecule has 49 valence electrons. The molecular weight excluding hydrogens is 158 g/mol. The summed E-state index contributed by atoms with van der Waals surface area (Å²) in [5, 5.41) is 7.57. The Balaban J connectivity index is -0.0000000400. The summed E-state index contributed by atoms with van der Waals surface area (Å²) in [6, 6.07) is 0. The van der Waals surface area contributed by atoms with Crippen molar-refractivity contribution in [2.45, 2.75) is 13.8 Å². The van der Waals surface area contributed by atoms with E-state index in [2.05, 4.69) is 0 Å². The summed E-state index contributed by atoms with van der Waals surface area (Å²) in [6.45, 7) is 3.82. The summed E-state index contributed by atoms with van der Waals surface area (Å²) in [6.07, 6.45) is 0. The molecule has 3 heteroatoms. The molecule has 0 rings (SSSR count). The van der Waals surface area contributed by atoms with Crippen LogP contribution in [0.4, 0.5) is 0 Å². The molecule has 0 amide bonds. The van der Waals surface area contributed by atoms with Gasteiger partial charge in [0.2, 0.25) is 0 Å². The number of hydrogen-bond acceptors (Lipinski definition) is 1. The zero-order valence-corrected chi connectivity index (χ0v) is 6.37. The molecule has 0 aromatic carbocycles. The first-order valence-corrected chi connectivity index (χ1v) is 2.53. The van der Waals surface area contributed by atoms with Crippen LogP contribution in [-0.2, 0) is 16.8 Å². The zero-order chi connectivity index (χ0) is 5.41. The van der Waals surface area contributed by atoms with Crippen LogP contribution in [0.15, 0.2) is 0 Å². The number of halogens is 1. The molecule has 1 N–H and O–H groups in total. The Bertz CT molecular complexity index is 13.7. The number of aliphatic hydroxyl groups excluding tert-OH is 1. The Kier molecular flexibility index (Phi) is 65.9. The van der Waals surface area contributed by atoms with E-state index in [1.165, 1.54) is 0 Å². The van der Waals surface area contributed by atoms with E-state index < -0.39 is 0 Å². The van der Waals surface area contributed by atoms with Crippen molar-refractivity contribution in [2.24, 2.45) is 0 Å². The quantitative estimate of drug-likeness (QED) is 0.541. The summed E-state index contributed by atoms with van der Waals surface area (Å²) in [4.78, 5) is 0. The van der Waals surface area contributed by atoms with Crippen molar-refractivity contribution >= 4 is 11.6 Å². The fourth-order valence-electron chi connectivity index (χ4n) is 0. The number of rotatable bonds is 0. The maximum absolute atomic E-state index is 7.57. The molecule has 0 heterocycles. The van der Waals surface area contributed by atoms with E-state index in [-0.39, 0.29) is 23.4 Å². The summed E-state index contributed by atoms with van der Waals surface area (Å²) in [7, 11) is 0. The molecule has 0 spiro atoms. The Labute approximate surface area is 60.3 Å². The van der Waals surface area contributed by atoms with E-state index in [1.54, 1.807) is 6.92 Å². The average Bonchev–Trinajstić information content (AvgIpc) is 1.39. The fourth-order valence-corrected chi connectivity index (χ4v) is 0. The van der Waals surface area contributed by atoms with Crippen LogP contribution in [0, 0.1) is 0 Å². The summed E-state index contributed by atoms with van der Waals surface area (Å²) < 4.78 is 0. The average molecular weight is 170 g/mol. The Morgan fingerprint density at radius 2 is 1.43 bits per heavy atom. The normalized spacial score (nSPS) is 5.14. The first-order valence-electron chi connectivity index (χ1n) is 2.00. The maximum atomic E-state index is 7.57. The molecule has 0 saturated heterocycles. The first kappa shape index (κ1) is 15.7. The van der Waals surface area contributed by atoms with Crippen molar-refractivity contribution in [1.82, 2.24) is 0 Å². The molecule has 7 heavy (non-hydrogen) atoms. The van der Waals surface area contributed by atoms with Gasteiger partial charge in [0.05, 0.1) is 0 Å². The van der Waals surface area contributed by atoms with Crippen LogP contribution in [0.2, 0.25) is 0 Å². The van der Waals surface area contributed by atoms with Crippen LogP contribution in [0.1, 0.15) is 13.8 Å². The third-order valence-electron chi connectivity index (χ3n) is 0. The molecule has 0 bridgehead atoms.